The van der Waals surface area contributed by atoms with Crippen LogP contribution >= 0.6 is 15.9 Å². The summed E-state index contributed by atoms with van der Waals surface area (Å²) in [5.41, 5.74) is 0.826. The number of aryl methyl sites for hydroxylation is 1. The fourth-order valence-electron chi connectivity index (χ4n) is 1.86. The van der Waals surface area contributed by atoms with Gasteiger partial charge in [0, 0.05) is 10.4 Å². The highest BCUT2D eigenvalue weighted by Gasteiger charge is 2.28. The van der Waals surface area contributed by atoms with Crippen molar-refractivity contribution in [1.29, 1.82) is 0 Å². The van der Waals surface area contributed by atoms with Gasteiger partial charge >= 0.3 is 0 Å². The molecule has 1 aliphatic carbocycles. The van der Waals surface area contributed by atoms with Gasteiger partial charge in [-0.05, 0) is 43.4 Å². The minimum absolute atomic E-state index is 0.0404. The molecule has 0 saturated heterocycles. The molecule has 0 aliphatic heterocycles. The summed E-state index contributed by atoms with van der Waals surface area (Å²) in [7, 11) is 0. The predicted molar refractivity (Wildman–Crippen MR) is 60.1 cm³/mol. The van der Waals surface area contributed by atoms with Crippen LogP contribution in [0.1, 0.15) is 35.2 Å². The highest BCUT2D eigenvalue weighted by Crippen LogP contribution is 2.44. The molecule has 0 heterocycles. The maximum Gasteiger partial charge on any atom is 0.128 e. The van der Waals surface area contributed by atoms with Gasteiger partial charge in [0.2, 0.25) is 0 Å². The van der Waals surface area contributed by atoms with Gasteiger partial charge in [0.1, 0.15) is 11.6 Å². The van der Waals surface area contributed by atoms with E-state index in [0.717, 1.165) is 12.8 Å². The molecule has 0 N–H and O–H groups in total. The van der Waals surface area contributed by atoms with E-state index in [1.54, 1.807) is 6.92 Å². The van der Waals surface area contributed by atoms with E-state index < -0.39 is 0 Å². The molecule has 3 heteroatoms. The van der Waals surface area contributed by atoms with E-state index in [2.05, 4.69) is 15.9 Å². The van der Waals surface area contributed by atoms with E-state index in [4.69, 9.17) is 0 Å². The SMILES string of the molecule is Cc1cc(F)c(C(Br)C2CCC2)cc1F. The first kappa shape index (κ1) is 11.1. The Morgan fingerprint density at radius 3 is 2.47 bits per heavy atom. The van der Waals surface area contributed by atoms with Gasteiger partial charge in [0.15, 0.2) is 0 Å². The molecule has 1 saturated carbocycles. The second kappa shape index (κ2) is 4.20. The summed E-state index contributed by atoms with van der Waals surface area (Å²) in [6.45, 7) is 1.58. The number of halogens is 3. The summed E-state index contributed by atoms with van der Waals surface area (Å²) in [6, 6.07) is 2.60. The first-order valence-electron chi connectivity index (χ1n) is 5.19. The molecule has 0 spiro atoms. The normalized spacial score (nSPS) is 18.7. The molecule has 1 aromatic carbocycles. The fourth-order valence-corrected chi connectivity index (χ4v) is 2.74. The third-order valence-electron chi connectivity index (χ3n) is 3.14. The van der Waals surface area contributed by atoms with Crippen molar-refractivity contribution in [1.82, 2.24) is 0 Å². The zero-order valence-corrected chi connectivity index (χ0v) is 10.2. The number of benzene rings is 1. The summed E-state index contributed by atoms with van der Waals surface area (Å²) in [5, 5.41) is 0. The quantitative estimate of drug-likeness (QED) is 0.697. The van der Waals surface area contributed by atoms with Crippen molar-refractivity contribution in [3.8, 4) is 0 Å². The summed E-state index contributed by atoms with van der Waals surface area (Å²) in [4.78, 5) is -0.0404. The Morgan fingerprint density at radius 2 is 1.93 bits per heavy atom. The number of rotatable bonds is 2. The van der Waals surface area contributed by atoms with Crippen LogP contribution in [0.25, 0.3) is 0 Å². The average molecular weight is 275 g/mol. The number of hydrogen-bond acceptors (Lipinski definition) is 0. The van der Waals surface area contributed by atoms with Crippen molar-refractivity contribution in [2.24, 2.45) is 5.92 Å². The van der Waals surface area contributed by atoms with Crippen LogP contribution in [0.5, 0.6) is 0 Å². The molecular formula is C12H13BrF2. The molecule has 15 heavy (non-hydrogen) atoms. The van der Waals surface area contributed by atoms with Crippen molar-refractivity contribution in [3.05, 3.63) is 34.9 Å². The lowest BCUT2D eigenvalue weighted by atomic mass is 9.80. The van der Waals surface area contributed by atoms with Gasteiger partial charge in [-0.1, -0.05) is 22.4 Å². The molecule has 82 valence electrons. The van der Waals surface area contributed by atoms with Crippen molar-refractivity contribution in [3.63, 3.8) is 0 Å². The predicted octanol–water partition coefficient (Wildman–Crippen LogP) is 4.51. The van der Waals surface area contributed by atoms with Crippen LogP contribution < -0.4 is 0 Å². The Morgan fingerprint density at radius 1 is 1.27 bits per heavy atom. The lowest BCUT2D eigenvalue weighted by Gasteiger charge is -2.30. The third-order valence-corrected chi connectivity index (χ3v) is 4.38. The van der Waals surface area contributed by atoms with Crippen molar-refractivity contribution in [2.45, 2.75) is 31.0 Å². The molecule has 0 nitrogen and oxygen atoms in total. The largest absolute Gasteiger partial charge is 0.207 e. The van der Waals surface area contributed by atoms with Gasteiger partial charge in [0.05, 0.1) is 0 Å². The second-order valence-corrected chi connectivity index (χ2v) is 5.20. The van der Waals surface area contributed by atoms with Crippen LogP contribution in [0.15, 0.2) is 12.1 Å². The second-order valence-electron chi connectivity index (χ2n) is 4.22. The molecule has 1 atom stereocenters. The van der Waals surface area contributed by atoms with Crippen LogP contribution in [-0.2, 0) is 0 Å². The van der Waals surface area contributed by atoms with Crippen LogP contribution in [0.2, 0.25) is 0 Å². The maximum absolute atomic E-state index is 13.6. The highest BCUT2D eigenvalue weighted by atomic mass is 79.9. The topological polar surface area (TPSA) is 0 Å². The summed E-state index contributed by atoms with van der Waals surface area (Å²) in [5.74, 6) is -0.167. The van der Waals surface area contributed by atoms with Gasteiger partial charge < -0.3 is 0 Å². The molecule has 0 amide bonds. The summed E-state index contributed by atoms with van der Waals surface area (Å²) in [6.07, 6.45) is 3.40. The first-order chi connectivity index (χ1) is 7.09. The summed E-state index contributed by atoms with van der Waals surface area (Å²) < 4.78 is 26.9. The molecular weight excluding hydrogens is 262 g/mol. The fraction of sp³-hybridized carbons (Fsp3) is 0.500. The molecule has 2 rings (SSSR count). The van der Waals surface area contributed by atoms with E-state index in [9.17, 15) is 8.78 Å². The molecule has 1 unspecified atom stereocenters. The Hall–Kier alpha value is -0.440. The monoisotopic (exact) mass is 274 g/mol. The zero-order valence-electron chi connectivity index (χ0n) is 8.56. The van der Waals surface area contributed by atoms with E-state index in [0.29, 0.717) is 17.0 Å². The highest BCUT2D eigenvalue weighted by molar-refractivity contribution is 9.09. The molecule has 0 aromatic heterocycles. The van der Waals surface area contributed by atoms with Crippen LogP contribution in [0.3, 0.4) is 0 Å². The van der Waals surface area contributed by atoms with Crippen molar-refractivity contribution in [2.75, 3.05) is 0 Å². The smallest absolute Gasteiger partial charge is 0.128 e. The van der Waals surface area contributed by atoms with E-state index in [-0.39, 0.29) is 16.5 Å². The average Bonchev–Trinajstić information content (AvgIpc) is 2.08. The first-order valence-corrected chi connectivity index (χ1v) is 6.11. The third kappa shape index (κ3) is 2.07. The lowest BCUT2D eigenvalue weighted by molar-refractivity contribution is 0.308. The number of alkyl halides is 1. The van der Waals surface area contributed by atoms with Gasteiger partial charge in [-0.3, -0.25) is 0 Å². The molecule has 1 fully saturated rings. The van der Waals surface area contributed by atoms with Crippen molar-refractivity contribution < 1.29 is 8.78 Å². The van der Waals surface area contributed by atoms with E-state index in [1.807, 2.05) is 0 Å². The molecule has 1 aliphatic rings. The Balaban J connectivity index is 2.30. The van der Waals surface area contributed by atoms with E-state index >= 15 is 0 Å². The van der Waals surface area contributed by atoms with Crippen LogP contribution in [0, 0.1) is 24.5 Å². The Kier molecular flexibility index (Phi) is 3.10. The summed E-state index contributed by atoms with van der Waals surface area (Å²) >= 11 is 3.47. The lowest BCUT2D eigenvalue weighted by Crippen LogP contribution is -2.17. The Bertz CT molecular complexity index is 372. The maximum atomic E-state index is 13.6. The minimum atomic E-state index is -0.324. The Labute approximate surface area is 96.8 Å². The van der Waals surface area contributed by atoms with Gasteiger partial charge in [-0.15, -0.1) is 0 Å². The molecule has 0 radical (unpaired) electrons. The van der Waals surface area contributed by atoms with Crippen LogP contribution in [0.4, 0.5) is 8.78 Å². The molecule has 0 bridgehead atoms. The van der Waals surface area contributed by atoms with Crippen LogP contribution in [-0.4, -0.2) is 0 Å². The van der Waals surface area contributed by atoms with E-state index in [1.165, 1.54) is 18.6 Å². The minimum Gasteiger partial charge on any atom is -0.207 e. The van der Waals surface area contributed by atoms with Gasteiger partial charge in [-0.2, -0.15) is 0 Å². The van der Waals surface area contributed by atoms with Gasteiger partial charge in [0.25, 0.3) is 0 Å². The standard InChI is InChI=1S/C12H13BrF2/c1-7-5-11(15)9(6-10(7)14)12(13)8-3-2-4-8/h5-6,8,12H,2-4H2,1H3. The zero-order chi connectivity index (χ0) is 11.0. The molecule has 1 aromatic rings. The number of hydrogen-bond donors (Lipinski definition) is 0. The van der Waals surface area contributed by atoms with Gasteiger partial charge in [-0.25, -0.2) is 8.78 Å². The van der Waals surface area contributed by atoms with Crippen molar-refractivity contribution >= 4 is 15.9 Å².